The van der Waals surface area contributed by atoms with Crippen molar-refractivity contribution in [2.24, 2.45) is 0 Å². The van der Waals surface area contributed by atoms with Gasteiger partial charge >= 0.3 is 0 Å². The van der Waals surface area contributed by atoms with Gasteiger partial charge in [0.15, 0.2) is 5.13 Å². The molecule has 116 valence electrons. The van der Waals surface area contributed by atoms with E-state index in [1.54, 1.807) is 18.9 Å². The topological polar surface area (TPSA) is 51.2 Å². The van der Waals surface area contributed by atoms with E-state index in [1.807, 2.05) is 24.3 Å². The molecule has 0 aliphatic heterocycles. The number of ether oxygens (including phenoxy) is 1. The molecule has 2 aromatic rings. The van der Waals surface area contributed by atoms with Gasteiger partial charge in [-0.05, 0) is 37.1 Å². The van der Waals surface area contributed by atoms with E-state index in [1.165, 1.54) is 24.2 Å². The molecule has 1 heterocycles. The highest BCUT2D eigenvalue weighted by Crippen LogP contribution is 2.40. The van der Waals surface area contributed by atoms with Gasteiger partial charge in [-0.1, -0.05) is 0 Å². The average Bonchev–Trinajstić information content (AvgIpc) is 3.28. The summed E-state index contributed by atoms with van der Waals surface area (Å²) in [6.45, 7) is 0. The smallest absolute Gasteiger partial charge is 0.226 e. The maximum absolute atomic E-state index is 11.9. The highest BCUT2D eigenvalue weighted by Gasteiger charge is 2.26. The lowest BCUT2D eigenvalue weighted by molar-refractivity contribution is -0.115. The number of nitrogens with zero attached hydrogens (tertiary/aromatic N) is 1. The standard InChI is InChI=1S/C16H18N2O2S2/c1-20-12-4-6-13(7-5-12)21-9-8-15(19)18-16-17-14(10-22-16)11-2-3-11/h4-7,10-11H,2-3,8-9H2,1H3,(H,17,18,19). The number of rotatable bonds is 7. The van der Waals surface area contributed by atoms with E-state index in [9.17, 15) is 4.79 Å². The Bertz CT molecular complexity index is 636. The van der Waals surface area contributed by atoms with Crippen molar-refractivity contribution in [1.29, 1.82) is 0 Å². The van der Waals surface area contributed by atoms with Crippen LogP contribution in [0.1, 0.15) is 30.9 Å². The highest BCUT2D eigenvalue weighted by molar-refractivity contribution is 7.99. The van der Waals surface area contributed by atoms with Gasteiger partial charge in [0.25, 0.3) is 0 Å². The summed E-state index contributed by atoms with van der Waals surface area (Å²) in [5.41, 5.74) is 1.13. The molecule has 0 radical (unpaired) electrons. The molecule has 6 heteroatoms. The Hall–Kier alpha value is -1.53. The van der Waals surface area contributed by atoms with E-state index in [0.717, 1.165) is 27.2 Å². The van der Waals surface area contributed by atoms with E-state index >= 15 is 0 Å². The Morgan fingerprint density at radius 3 is 2.86 bits per heavy atom. The summed E-state index contributed by atoms with van der Waals surface area (Å²) in [5, 5.41) is 5.66. The van der Waals surface area contributed by atoms with E-state index in [2.05, 4.69) is 15.7 Å². The van der Waals surface area contributed by atoms with Crippen LogP contribution >= 0.6 is 23.1 Å². The number of anilines is 1. The monoisotopic (exact) mass is 334 g/mol. The molecule has 1 fully saturated rings. The summed E-state index contributed by atoms with van der Waals surface area (Å²) in [4.78, 5) is 17.5. The normalized spacial score (nSPS) is 13.9. The molecule has 3 rings (SSSR count). The van der Waals surface area contributed by atoms with Gasteiger partial charge in [0.1, 0.15) is 5.75 Å². The first-order chi connectivity index (χ1) is 10.7. The predicted octanol–water partition coefficient (Wildman–Crippen LogP) is 4.15. The Kier molecular flexibility index (Phi) is 5.00. The minimum atomic E-state index is 0.0257. The third kappa shape index (κ3) is 4.24. The zero-order valence-electron chi connectivity index (χ0n) is 12.4. The van der Waals surface area contributed by atoms with E-state index in [0.29, 0.717) is 12.3 Å². The number of aromatic nitrogens is 1. The van der Waals surface area contributed by atoms with Crippen LogP contribution in [0.4, 0.5) is 5.13 Å². The lowest BCUT2D eigenvalue weighted by Gasteiger charge is -2.04. The molecule has 1 amide bonds. The van der Waals surface area contributed by atoms with Crippen LogP contribution in [0, 0.1) is 0 Å². The second kappa shape index (κ2) is 7.15. The van der Waals surface area contributed by atoms with Crippen molar-refractivity contribution in [3.05, 3.63) is 35.3 Å². The minimum Gasteiger partial charge on any atom is -0.497 e. The Balaban J connectivity index is 1.41. The van der Waals surface area contributed by atoms with Crippen molar-refractivity contribution in [2.45, 2.75) is 30.1 Å². The fraction of sp³-hybridized carbons (Fsp3) is 0.375. The minimum absolute atomic E-state index is 0.0257. The molecule has 22 heavy (non-hydrogen) atoms. The van der Waals surface area contributed by atoms with Gasteiger partial charge < -0.3 is 10.1 Å². The van der Waals surface area contributed by atoms with Crippen molar-refractivity contribution in [3.63, 3.8) is 0 Å². The molecule has 0 unspecified atom stereocenters. The summed E-state index contributed by atoms with van der Waals surface area (Å²) in [7, 11) is 1.65. The van der Waals surface area contributed by atoms with Crippen LogP contribution in [0.25, 0.3) is 0 Å². The lowest BCUT2D eigenvalue weighted by Crippen LogP contribution is -2.12. The van der Waals surface area contributed by atoms with Crippen molar-refractivity contribution in [2.75, 3.05) is 18.2 Å². The van der Waals surface area contributed by atoms with Gasteiger partial charge in [0, 0.05) is 28.4 Å². The molecule has 1 aromatic carbocycles. The number of hydrogen-bond donors (Lipinski definition) is 1. The summed E-state index contributed by atoms with van der Waals surface area (Å²) in [6, 6.07) is 7.86. The first-order valence-corrected chi connectivity index (χ1v) is 9.13. The van der Waals surface area contributed by atoms with Crippen LogP contribution < -0.4 is 10.1 Å². The van der Waals surface area contributed by atoms with Crippen molar-refractivity contribution in [3.8, 4) is 5.75 Å². The number of thiazole rings is 1. The number of thioether (sulfide) groups is 1. The van der Waals surface area contributed by atoms with Gasteiger partial charge in [0.05, 0.1) is 12.8 Å². The lowest BCUT2D eigenvalue weighted by atomic mass is 10.3. The maximum atomic E-state index is 11.9. The van der Waals surface area contributed by atoms with Gasteiger partial charge in [-0.25, -0.2) is 4.98 Å². The fourth-order valence-corrected chi connectivity index (χ4v) is 3.69. The number of nitrogens with one attached hydrogen (secondary N) is 1. The van der Waals surface area contributed by atoms with Gasteiger partial charge in [0.2, 0.25) is 5.91 Å². The third-order valence-corrected chi connectivity index (χ3v) is 5.21. The van der Waals surface area contributed by atoms with Crippen LogP contribution in [0.15, 0.2) is 34.5 Å². The molecule has 0 bridgehead atoms. The van der Waals surface area contributed by atoms with Gasteiger partial charge in [-0.3, -0.25) is 4.79 Å². The number of hydrogen-bond acceptors (Lipinski definition) is 5. The SMILES string of the molecule is COc1ccc(SCCC(=O)Nc2nc(C3CC3)cs2)cc1. The van der Waals surface area contributed by atoms with Gasteiger partial charge in [-0.15, -0.1) is 23.1 Å². The second-order valence-electron chi connectivity index (χ2n) is 5.17. The molecule has 4 nitrogen and oxygen atoms in total. The molecular formula is C16H18N2O2S2. The van der Waals surface area contributed by atoms with Crippen LogP contribution in [0.3, 0.4) is 0 Å². The number of carbonyl (C=O) groups is 1. The highest BCUT2D eigenvalue weighted by atomic mass is 32.2. The molecule has 1 aliphatic carbocycles. The third-order valence-electron chi connectivity index (χ3n) is 3.42. The van der Waals surface area contributed by atoms with E-state index in [-0.39, 0.29) is 5.91 Å². The summed E-state index contributed by atoms with van der Waals surface area (Å²) < 4.78 is 5.12. The first kappa shape index (κ1) is 15.4. The maximum Gasteiger partial charge on any atom is 0.226 e. The fourth-order valence-electron chi connectivity index (χ4n) is 2.03. The van der Waals surface area contributed by atoms with E-state index in [4.69, 9.17) is 4.74 Å². The van der Waals surface area contributed by atoms with Crippen LogP contribution in [-0.2, 0) is 4.79 Å². The zero-order valence-corrected chi connectivity index (χ0v) is 14.0. The number of amides is 1. The predicted molar refractivity (Wildman–Crippen MR) is 91.1 cm³/mol. The molecule has 1 aromatic heterocycles. The van der Waals surface area contributed by atoms with Crippen LogP contribution in [0.5, 0.6) is 5.75 Å². The molecule has 0 atom stereocenters. The molecule has 0 saturated heterocycles. The molecule has 0 spiro atoms. The molecule has 1 N–H and O–H groups in total. The zero-order chi connectivity index (χ0) is 15.4. The summed E-state index contributed by atoms with van der Waals surface area (Å²) in [5.74, 6) is 2.25. The molecular weight excluding hydrogens is 316 g/mol. The van der Waals surface area contributed by atoms with Crippen LogP contribution in [-0.4, -0.2) is 23.8 Å². The average molecular weight is 334 g/mol. The van der Waals surface area contributed by atoms with Crippen LogP contribution in [0.2, 0.25) is 0 Å². The van der Waals surface area contributed by atoms with Crippen molar-refractivity contribution < 1.29 is 9.53 Å². The van der Waals surface area contributed by atoms with Gasteiger partial charge in [-0.2, -0.15) is 0 Å². The molecule has 1 saturated carbocycles. The number of methoxy groups -OCH3 is 1. The Labute approximate surface area is 138 Å². The number of carbonyl (C=O) groups excluding carboxylic acids is 1. The van der Waals surface area contributed by atoms with Crippen molar-refractivity contribution >= 4 is 34.1 Å². The largest absolute Gasteiger partial charge is 0.497 e. The van der Waals surface area contributed by atoms with Crippen molar-refractivity contribution in [1.82, 2.24) is 4.98 Å². The summed E-state index contributed by atoms with van der Waals surface area (Å²) in [6.07, 6.45) is 2.94. The summed E-state index contributed by atoms with van der Waals surface area (Å²) >= 11 is 3.18. The Morgan fingerprint density at radius 2 is 2.18 bits per heavy atom. The number of benzene rings is 1. The first-order valence-electron chi connectivity index (χ1n) is 7.27. The second-order valence-corrected chi connectivity index (χ2v) is 7.20. The Morgan fingerprint density at radius 1 is 1.41 bits per heavy atom. The van der Waals surface area contributed by atoms with E-state index < -0.39 is 0 Å². The quantitative estimate of drug-likeness (QED) is 0.773. The molecule has 1 aliphatic rings.